The van der Waals surface area contributed by atoms with E-state index >= 15 is 0 Å². The predicted molar refractivity (Wildman–Crippen MR) is 125 cm³/mol. The molecule has 3 aromatic rings. The molecule has 2 aromatic carbocycles. The maximum absolute atomic E-state index is 6.47. The van der Waals surface area contributed by atoms with E-state index in [0.29, 0.717) is 33.1 Å². The second kappa shape index (κ2) is 11.8. The van der Waals surface area contributed by atoms with Crippen molar-refractivity contribution in [3.05, 3.63) is 56.5 Å². The summed E-state index contributed by atoms with van der Waals surface area (Å²) in [5.74, 6) is 1.97. The monoisotopic (exact) mass is 501 g/mol. The van der Waals surface area contributed by atoms with Gasteiger partial charge in [-0.15, -0.1) is 5.10 Å². The lowest BCUT2D eigenvalue weighted by Gasteiger charge is -2.15. The van der Waals surface area contributed by atoms with Crippen LogP contribution >= 0.6 is 46.6 Å². The number of thioether (sulfide) groups is 1. The summed E-state index contributed by atoms with van der Waals surface area (Å²) in [6, 6.07) is 9.05. The first kappa shape index (κ1) is 23.9. The fraction of sp³-hybridized carbons (Fsp3) is 0.350. The van der Waals surface area contributed by atoms with Crippen LogP contribution in [0.1, 0.15) is 17.5 Å². The van der Waals surface area contributed by atoms with Crippen LogP contribution in [0.3, 0.4) is 0 Å². The number of tetrazole rings is 1. The quantitative estimate of drug-likeness (QED) is 0.291. The van der Waals surface area contributed by atoms with Crippen molar-refractivity contribution < 1.29 is 9.47 Å². The van der Waals surface area contributed by atoms with Gasteiger partial charge in [0, 0.05) is 35.0 Å². The Morgan fingerprint density at radius 1 is 1.13 bits per heavy atom. The molecule has 1 N–H and O–H groups in total. The molecule has 0 saturated heterocycles. The van der Waals surface area contributed by atoms with E-state index in [0.717, 1.165) is 35.0 Å². The number of aromatic nitrogens is 4. The van der Waals surface area contributed by atoms with Gasteiger partial charge in [0.15, 0.2) is 11.5 Å². The largest absolute Gasteiger partial charge is 0.493 e. The van der Waals surface area contributed by atoms with Crippen LogP contribution in [-0.4, -0.2) is 39.6 Å². The number of methoxy groups -OCH3 is 1. The number of rotatable bonds is 11. The second-order valence-electron chi connectivity index (χ2n) is 6.60. The van der Waals surface area contributed by atoms with Crippen LogP contribution in [0.2, 0.25) is 15.1 Å². The number of hydrogen-bond acceptors (Lipinski definition) is 7. The molecule has 1 heterocycles. The molecule has 11 heteroatoms. The van der Waals surface area contributed by atoms with E-state index in [1.54, 1.807) is 35.7 Å². The number of halogens is 3. The van der Waals surface area contributed by atoms with Gasteiger partial charge in [0.1, 0.15) is 6.61 Å². The average molecular weight is 503 g/mol. The smallest absolute Gasteiger partial charge is 0.209 e. The molecule has 0 atom stereocenters. The number of nitrogens with zero attached hydrogens (tertiary/aromatic N) is 4. The molecule has 0 bridgehead atoms. The van der Waals surface area contributed by atoms with E-state index in [9.17, 15) is 0 Å². The first-order valence-electron chi connectivity index (χ1n) is 9.47. The number of hydrogen-bond donors (Lipinski definition) is 1. The van der Waals surface area contributed by atoms with Crippen molar-refractivity contribution in [1.82, 2.24) is 25.5 Å². The number of aryl methyl sites for hydroxylation is 1. The van der Waals surface area contributed by atoms with E-state index < -0.39 is 0 Å². The van der Waals surface area contributed by atoms with Crippen molar-refractivity contribution in [3.8, 4) is 11.5 Å². The molecular formula is C20H22Cl3N5O2S. The lowest BCUT2D eigenvalue weighted by molar-refractivity contribution is 0.284. The summed E-state index contributed by atoms with van der Waals surface area (Å²) in [5.41, 5.74) is 1.81. The summed E-state index contributed by atoms with van der Waals surface area (Å²) in [7, 11) is 3.42. The Labute approximate surface area is 200 Å². The highest BCUT2D eigenvalue weighted by atomic mass is 35.5. The molecule has 0 aliphatic rings. The predicted octanol–water partition coefficient (Wildman–Crippen LogP) is 5.03. The van der Waals surface area contributed by atoms with Crippen LogP contribution in [0.5, 0.6) is 11.5 Å². The minimum absolute atomic E-state index is 0.252. The first-order chi connectivity index (χ1) is 15.0. The highest BCUT2D eigenvalue weighted by Crippen LogP contribution is 2.37. The van der Waals surface area contributed by atoms with Gasteiger partial charge < -0.3 is 14.8 Å². The van der Waals surface area contributed by atoms with Crippen LogP contribution in [0.4, 0.5) is 0 Å². The molecule has 0 amide bonds. The lowest BCUT2D eigenvalue weighted by Crippen LogP contribution is -2.15. The normalized spacial score (nSPS) is 11.0. The first-order valence-corrected chi connectivity index (χ1v) is 11.6. The summed E-state index contributed by atoms with van der Waals surface area (Å²) in [5, 5.41) is 17.2. The van der Waals surface area contributed by atoms with Crippen LogP contribution in [0, 0.1) is 0 Å². The topological polar surface area (TPSA) is 74.1 Å². The zero-order chi connectivity index (χ0) is 22.2. The highest BCUT2D eigenvalue weighted by Gasteiger charge is 2.13. The van der Waals surface area contributed by atoms with E-state index in [1.165, 1.54) is 0 Å². The minimum atomic E-state index is 0.252. The van der Waals surface area contributed by atoms with Crippen molar-refractivity contribution in [3.63, 3.8) is 0 Å². The van der Waals surface area contributed by atoms with Gasteiger partial charge in [0.05, 0.1) is 12.1 Å². The molecule has 0 fully saturated rings. The molecular weight excluding hydrogens is 481 g/mol. The van der Waals surface area contributed by atoms with Gasteiger partial charge in [0.2, 0.25) is 5.16 Å². The zero-order valence-corrected chi connectivity index (χ0v) is 20.2. The Hall–Kier alpha value is -1.71. The maximum atomic E-state index is 6.47. The molecule has 7 nitrogen and oxygen atoms in total. The minimum Gasteiger partial charge on any atom is -0.493 e. The van der Waals surface area contributed by atoms with E-state index in [2.05, 4.69) is 20.8 Å². The van der Waals surface area contributed by atoms with Gasteiger partial charge in [-0.2, -0.15) is 0 Å². The van der Waals surface area contributed by atoms with Crippen LogP contribution in [0.25, 0.3) is 0 Å². The average Bonchev–Trinajstić information content (AvgIpc) is 3.15. The molecule has 0 spiro atoms. The molecule has 31 heavy (non-hydrogen) atoms. The van der Waals surface area contributed by atoms with Crippen molar-refractivity contribution in [2.45, 2.75) is 24.7 Å². The van der Waals surface area contributed by atoms with Crippen molar-refractivity contribution in [2.24, 2.45) is 7.05 Å². The van der Waals surface area contributed by atoms with Crippen LogP contribution in [0.15, 0.2) is 35.5 Å². The third-order valence-corrected chi connectivity index (χ3v) is 6.28. The highest BCUT2D eigenvalue weighted by molar-refractivity contribution is 7.99. The Morgan fingerprint density at radius 3 is 2.68 bits per heavy atom. The van der Waals surface area contributed by atoms with E-state index in [4.69, 9.17) is 44.3 Å². The molecule has 0 aliphatic carbocycles. The summed E-state index contributed by atoms with van der Waals surface area (Å²) in [6.45, 7) is 1.77. The molecule has 1 aromatic heterocycles. The van der Waals surface area contributed by atoms with Gasteiger partial charge in [0.25, 0.3) is 0 Å². The maximum Gasteiger partial charge on any atom is 0.209 e. The number of ether oxygens (including phenoxy) is 2. The Kier molecular flexibility index (Phi) is 9.10. The standard InChI is InChI=1S/C20H22Cl3N5O2S/c1-28-20(25-26-27-28)31-7-3-6-24-11-13-8-17(23)19(18(9-13)29-2)30-12-14-4-5-15(21)10-16(14)22/h4-5,8-10,24H,3,6-7,11-12H2,1-2H3. The second-order valence-corrected chi connectivity index (χ2v) is 8.91. The van der Waals surface area contributed by atoms with Crippen molar-refractivity contribution in [2.75, 3.05) is 19.4 Å². The zero-order valence-electron chi connectivity index (χ0n) is 17.1. The van der Waals surface area contributed by atoms with Gasteiger partial charge in [-0.25, -0.2) is 4.68 Å². The Balaban J connectivity index is 1.50. The van der Waals surface area contributed by atoms with Crippen molar-refractivity contribution in [1.29, 1.82) is 0 Å². The van der Waals surface area contributed by atoms with Gasteiger partial charge in [-0.1, -0.05) is 52.6 Å². The fourth-order valence-corrected chi connectivity index (χ4v) is 4.28. The third kappa shape index (κ3) is 6.89. The summed E-state index contributed by atoms with van der Waals surface area (Å²) in [6.07, 6.45) is 0.978. The number of nitrogens with one attached hydrogen (secondary N) is 1. The fourth-order valence-electron chi connectivity index (χ4n) is 2.74. The molecule has 3 rings (SSSR count). The van der Waals surface area contributed by atoms with Crippen molar-refractivity contribution >= 4 is 46.6 Å². The van der Waals surface area contributed by atoms with Gasteiger partial charge in [-0.05, 0) is 53.2 Å². The summed E-state index contributed by atoms with van der Waals surface area (Å²) < 4.78 is 13.0. The summed E-state index contributed by atoms with van der Waals surface area (Å²) in [4.78, 5) is 0. The van der Waals surface area contributed by atoms with Crippen LogP contribution < -0.4 is 14.8 Å². The van der Waals surface area contributed by atoms with Gasteiger partial charge >= 0.3 is 0 Å². The third-order valence-electron chi connectivity index (χ3n) is 4.32. The number of benzene rings is 2. The van der Waals surface area contributed by atoms with Gasteiger partial charge in [-0.3, -0.25) is 0 Å². The molecule has 0 aliphatic heterocycles. The summed E-state index contributed by atoms with van der Waals surface area (Å²) >= 11 is 20.3. The van der Waals surface area contributed by atoms with E-state index in [1.807, 2.05) is 25.2 Å². The molecule has 0 saturated carbocycles. The molecule has 0 unspecified atom stereocenters. The Bertz CT molecular complexity index is 1020. The lowest BCUT2D eigenvalue weighted by atomic mass is 10.2. The van der Waals surface area contributed by atoms with Crippen LogP contribution in [-0.2, 0) is 20.2 Å². The molecule has 166 valence electrons. The SMILES string of the molecule is COc1cc(CNCCCSc2nnnn2C)cc(Cl)c1OCc1ccc(Cl)cc1Cl. The van der Waals surface area contributed by atoms with E-state index in [-0.39, 0.29) is 6.61 Å². The molecule has 0 radical (unpaired) electrons. The Morgan fingerprint density at radius 2 is 1.97 bits per heavy atom.